The largest absolute Gasteiger partial charge is 0.381 e. The van der Waals surface area contributed by atoms with Crippen LogP contribution in [-0.4, -0.2) is 54.8 Å². The number of anilines is 1. The first-order valence-corrected chi connectivity index (χ1v) is 8.14. The molecule has 2 saturated heterocycles. The highest BCUT2D eigenvalue weighted by molar-refractivity contribution is 5.41. The Kier molecular flexibility index (Phi) is 5.04. The lowest BCUT2D eigenvalue weighted by atomic mass is 9.93. The second kappa shape index (κ2) is 7.18. The molecular weight excluding hydrogens is 264 g/mol. The summed E-state index contributed by atoms with van der Waals surface area (Å²) in [5.41, 5.74) is 1.16. The quantitative estimate of drug-likeness (QED) is 0.920. The normalized spacial score (nSPS) is 22.3. The molecule has 0 saturated carbocycles. The van der Waals surface area contributed by atoms with Gasteiger partial charge in [-0.25, -0.2) is 4.98 Å². The Morgan fingerprint density at radius 1 is 1.14 bits per heavy atom. The number of nitrogens with one attached hydrogen (secondary N) is 1. The van der Waals surface area contributed by atoms with Crippen molar-refractivity contribution in [3.63, 3.8) is 0 Å². The van der Waals surface area contributed by atoms with Gasteiger partial charge in [0.15, 0.2) is 0 Å². The van der Waals surface area contributed by atoms with Crippen molar-refractivity contribution in [1.29, 1.82) is 0 Å². The van der Waals surface area contributed by atoms with E-state index in [4.69, 9.17) is 4.74 Å². The molecule has 2 aliphatic heterocycles. The summed E-state index contributed by atoms with van der Waals surface area (Å²) in [5.74, 6) is 2.25. The molecule has 5 heteroatoms. The van der Waals surface area contributed by atoms with E-state index in [-0.39, 0.29) is 0 Å². The summed E-state index contributed by atoms with van der Waals surface area (Å²) in [6, 6.07) is 0. The number of piperidine rings is 1. The molecule has 0 atom stereocenters. The number of nitrogens with zero attached hydrogens (tertiary/aromatic N) is 3. The van der Waals surface area contributed by atoms with Gasteiger partial charge in [-0.3, -0.25) is 4.98 Å². The summed E-state index contributed by atoms with van der Waals surface area (Å²) in [4.78, 5) is 11.6. The Morgan fingerprint density at radius 2 is 1.86 bits per heavy atom. The van der Waals surface area contributed by atoms with Crippen LogP contribution >= 0.6 is 0 Å². The fourth-order valence-corrected chi connectivity index (χ4v) is 3.26. The second-order valence-electron chi connectivity index (χ2n) is 6.30. The molecule has 3 heterocycles. The first-order chi connectivity index (χ1) is 10.3. The minimum absolute atomic E-state index is 0.548. The molecule has 1 aromatic rings. The third-order valence-electron chi connectivity index (χ3n) is 4.73. The summed E-state index contributed by atoms with van der Waals surface area (Å²) >= 11 is 0. The van der Waals surface area contributed by atoms with Crippen LogP contribution < -0.4 is 5.32 Å². The van der Waals surface area contributed by atoms with E-state index in [0.29, 0.717) is 11.8 Å². The molecular formula is C16H26N4O. The van der Waals surface area contributed by atoms with Crippen molar-refractivity contribution in [3.8, 4) is 0 Å². The van der Waals surface area contributed by atoms with Gasteiger partial charge in [-0.05, 0) is 51.7 Å². The van der Waals surface area contributed by atoms with E-state index in [0.717, 1.165) is 57.2 Å². The predicted octanol–water partition coefficient (Wildman–Crippen LogP) is 2.12. The van der Waals surface area contributed by atoms with Crippen molar-refractivity contribution in [2.45, 2.75) is 31.6 Å². The standard InChI is InChI=1S/C16H26N4O/c1-20-8-2-14(3-9-20)15-16(18-7-6-17-15)19-12-13-4-10-21-11-5-13/h6-7,13-14H,2-5,8-12H2,1H3,(H,18,19). The van der Waals surface area contributed by atoms with E-state index in [9.17, 15) is 0 Å². The lowest BCUT2D eigenvalue weighted by molar-refractivity contribution is 0.0699. The number of likely N-dealkylation sites (tertiary alicyclic amines) is 1. The summed E-state index contributed by atoms with van der Waals surface area (Å²) < 4.78 is 5.42. The Labute approximate surface area is 127 Å². The molecule has 1 aromatic heterocycles. The van der Waals surface area contributed by atoms with E-state index in [1.165, 1.54) is 12.8 Å². The molecule has 5 nitrogen and oxygen atoms in total. The molecule has 0 aliphatic carbocycles. The number of hydrogen-bond acceptors (Lipinski definition) is 5. The van der Waals surface area contributed by atoms with Gasteiger partial charge < -0.3 is 15.0 Å². The van der Waals surface area contributed by atoms with Crippen molar-refractivity contribution in [1.82, 2.24) is 14.9 Å². The number of ether oxygens (including phenoxy) is 1. The molecule has 0 spiro atoms. The zero-order valence-electron chi connectivity index (χ0n) is 12.9. The lowest BCUT2D eigenvalue weighted by Gasteiger charge is -2.29. The lowest BCUT2D eigenvalue weighted by Crippen LogP contribution is -2.30. The summed E-state index contributed by atoms with van der Waals surface area (Å²) in [7, 11) is 2.19. The van der Waals surface area contributed by atoms with E-state index < -0.39 is 0 Å². The Morgan fingerprint density at radius 3 is 2.62 bits per heavy atom. The molecule has 116 valence electrons. The van der Waals surface area contributed by atoms with Crippen molar-refractivity contribution in [3.05, 3.63) is 18.1 Å². The van der Waals surface area contributed by atoms with Crippen molar-refractivity contribution in [2.75, 3.05) is 45.2 Å². The van der Waals surface area contributed by atoms with Gasteiger partial charge in [0.2, 0.25) is 0 Å². The van der Waals surface area contributed by atoms with Gasteiger partial charge in [-0.2, -0.15) is 0 Å². The van der Waals surface area contributed by atoms with Gasteiger partial charge in [-0.15, -0.1) is 0 Å². The fraction of sp³-hybridized carbons (Fsp3) is 0.750. The summed E-state index contributed by atoms with van der Waals surface area (Å²) in [5, 5.41) is 3.55. The first-order valence-electron chi connectivity index (χ1n) is 8.14. The Hall–Kier alpha value is -1.20. The SMILES string of the molecule is CN1CCC(c2nccnc2NCC2CCOCC2)CC1. The van der Waals surface area contributed by atoms with E-state index in [1.54, 1.807) is 6.20 Å². The van der Waals surface area contributed by atoms with Gasteiger partial charge in [-0.1, -0.05) is 0 Å². The third-order valence-corrected chi connectivity index (χ3v) is 4.73. The molecule has 0 bridgehead atoms. The number of rotatable bonds is 4. The number of hydrogen-bond donors (Lipinski definition) is 1. The molecule has 2 fully saturated rings. The summed E-state index contributed by atoms with van der Waals surface area (Å²) in [6.07, 6.45) is 8.29. The minimum Gasteiger partial charge on any atom is -0.381 e. The van der Waals surface area contributed by atoms with Gasteiger partial charge in [0.05, 0.1) is 5.69 Å². The highest BCUT2D eigenvalue weighted by Crippen LogP contribution is 2.30. The summed E-state index contributed by atoms with van der Waals surface area (Å²) in [6.45, 7) is 5.09. The highest BCUT2D eigenvalue weighted by atomic mass is 16.5. The minimum atomic E-state index is 0.548. The monoisotopic (exact) mass is 290 g/mol. The second-order valence-corrected chi connectivity index (χ2v) is 6.30. The molecule has 0 aromatic carbocycles. The number of aromatic nitrogens is 2. The topological polar surface area (TPSA) is 50.3 Å². The molecule has 1 N–H and O–H groups in total. The fourth-order valence-electron chi connectivity index (χ4n) is 3.26. The zero-order chi connectivity index (χ0) is 14.5. The Balaban J connectivity index is 1.62. The van der Waals surface area contributed by atoms with Crippen molar-refractivity contribution >= 4 is 5.82 Å². The van der Waals surface area contributed by atoms with Gasteiger partial charge in [0.1, 0.15) is 5.82 Å². The van der Waals surface area contributed by atoms with Crippen LogP contribution in [-0.2, 0) is 4.74 Å². The van der Waals surface area contributed by atoms with Crippen molar-refractivity contribution in [2.24, 2.45) is 5.92 Å². The molecule has 2 aliphatic rings. The van der Waals surface area contributed by atoms with Crippen LogP contribution in [0.2, 0.25) is 0 Å². The molecule has 0 radical (unpaired) electrons. The molecule has 3 rings (SSSR count). The van der Waals surface area contributed by atoms with Crippen LogP contribution in [0.25, 0.3) is 0 Å². The Bertz CT molecular complexity index is 440. The zero-order valence-corrected chi connectivity index (χ0v) is 12.9. The molecule has 0 amide bonds. The predicted molar refractivity (Wildman–Crippen MR) is 83.5 cm³/mol. The van der Waals surface area contributed by atoms with Crippen molar-refractivity contribution < 1.29 is 4.74 Å². The maximum Gasteiger partial charge on any atom is 0.148 e. The van der Waals surface area contributed by atoms with E-state index in [2.05, 4.69) is 27.2 Å². The van der Waals surface area contributed by atoms with Crippen LogP contribution in [0.15, 0.2) is 12.4 Å². The van der Waals surface area contributed by atoms with Gasteiger partial charge >= 0.3 is 0 Å². The van der Waals surface area contributed by atoms with Crippen LogP contribution in [0.4, 0.5) is 5.82 Å². The van der Waals surface area contributed by atoms with E-state index in [1.807, 2.05) is 6.20 Å². The van der Waals surface area contributed by atoms with Crippen LogP contribution in [0.5, 0.6) is 0 Å². The highest BCUT2D eigenvalue weighted by Gasteiger charge is 2.23. The average Bonchev–Trinajstić information content (AvgIpc) is 2.55. The van der Waals surface area contributed by atoms with Gasteiger partial charge in [0.25, 0.3) is 0 Å². The molecule has 21 heavy (non-hydrogen) atoms. The average molecular weight is 290 g/mol. The molecule has 0 unspecified atom stereocenters. The first kappa shape index (κ1) is 14.7. The van der Waals surface area contributed by atoms with Crippen LogP contribution in [0.1, 0.15) is 37.3 Å². The smallest absolute Gasteiger partial charge is 0.148 e. The third kappa shape index (κ3) is 3.92. The van der Waals surface area contributed by atoms with Crippen LogP contribution in [0.3, 0.4) is 0 Å². The maximum atomic E-state index is 5.42. The van der Waals surface area contributed by atoms with E-state index >= 15 is 0 Å². The van der Waals surface area contributed by atoms with Crippen LogP contribution in [0, 0.1) is 5.92 Å². The van der Waals surface area contributed by atoms with Gasteiger partial charge in [0, 0.05) is 38.1 Å². The maximum absolute atomic E-state index is 5.42.